The zero-order chi connectivity index (χ0) is 19.3. The lowest BCUT2D eigenvalue weighted by Crippen LogP contribution is -2.25. The van der Waals surface area contributed by atoms with Gasteiger partial charge in [-0.25, -0.2) is 9.18 Å². The Morgan fingerprint density at radius 1 is 1.48 bits per heavy atom. The number of β-amino-alcohol motifs (C(OH)–C–C–N with tert-alkyl or cyclic N) is 1. The number of anilines is 1. The number of pyridine rings is 1. The summed E-state index contributed by atoms with van der Waals surface area (Å²) in [5.74, 6) is -1.99. The number of carbonyl (C=O) groups is 1. The third-order valence-electron chi connectivity index (χ3n) is 4.75. The Morgan fingerprint density at radius 2 is 2.26 bits per heavy atom. The van der Waals surface area contributed by atoms with Gasteiger partial charge in [0.1, 0.15) is 16.2 Å². The van der Waals surface area contributed by atoms with Gasteiger partial charge in [0.15, 0.2) is 0 Å². The first kappa shape index (κ1) is 17.6. The number of aliphatic imine (C=N–C) groups is 1. The third kappa shape index (κ3) is 2.62. The van der Waals surface area contributed by atoms with Crippen LogP contribution in [0.4, 0.5) is 10.1 Å². The second-order valence-corrected chi connectivity index (χ2v) is 7.27. The minimum absolute atomic E-state index is 0.0146. The van der Waals surface area contributed by atoms with E-state index < -0.39 is 23.3 Å². The number of aromatic nitrogens is 1. The highest BCUT2D eigenvalue weighted by Gasteiger charge is 2.28. The van der Waals surface area contributed by atoms with Crippen molar-refractivity contribution in [3.63, 3.8) is 0 Å². The summed E-state index contributed by atoms with van der Waals surface area (Å²) in [5.41, 5.74) is -0.0426. The van der Waals surface area contributed by atoms with Gasteiger partial charge in [0.2, 0.25) is 5.43 Å². The summed E-state index contributed by atoms with van der Waals surface area (Å²) in [7, 11) is 1.54. The van der Waals surface area contributed by atoms with Gasteiger partial charge < -0.3 is 19.5 Å². The topological polar surface area (TPSA) is 94.6 Å². The van der Waals surface area contributed by atoms with E-state index in [9.17, 15) is 19.8 Å². The highest BCUT2D eigenvalue weighted by Crippen LogP contribution is 2.34. The normalized spacial score (nSPS) is 17.6. The average Bonchev–Trinajstić information content (AvgIpc) is 3.24. The fourth-order valence-electron chi connectivity index (χ4n) is 3.66. The average molecular weight is 389 g/mol. The molecule has 4 rings (SSSR count). The van der Waals surface area contributed by atoms with Crippen molar-refractivity contribution < 1.29 is 19.4 Å². The molecule has 1 atom stereocenters. The molecule has 0 spiro atoms. The number of aliphatic hydroxyl groups is 1. The molecule has 0 bridgehead atoms. The van der Waals surface area contributed by atoms with Gasteiger partial charge in [0, 0.05) is 43.5 Å². The van der Waals surface area contributed by atoms with Gasteiger partial charge in [0.05, 0.1) is 22.7 Å². The number of hydrogen-bond donors (Lipinski definition) is 2. The van der Waals surface area contributed by atoms with Crippen molar-refractivity contribution in [3.05, 3.63) is 44.8 Å². The Kier molecular flexibility index (Phi) is 4.20. The smallest absolute Gasteiger partial charge is 0.342 e. The number of fused-ring (bicyclic) bond motifs is 3. The molecule has 7 nitrogen and oxygen atoms in total. The molecule has 0 amide bonds. The van der Waals surface area contributed by atoms with E-state index in [2.05, 4.69) is 4.99 Å². The van der Waals surface area contributed by atoms with Crippen LogP contribution in [0.1, 0.15) is 22.3 Å². The van der Waals surface area contributed by atoms with E-state index in [0.29, 0.717) is 24.0 Å². The molecule has 1 saturated heterocycles. The number of nitrogens with zero attached hydrogens (tertiary/aromatic N) is 3. The maximum atomic E-state index is 15.0. The van der Waals surface area contributed by atoms with Crippen LogP contribution in [0.5, 0.6) is 0 Å². The zero-order valence-corrected chi connectivity index (χ0v) is 15.2. The molecule has 9 heteroatoms. The van der Waals surface area contributed by atoms with Gasteiger partial charge in [-0.2, -0.15) is 0 Å². The largest absolute Gasteiger partial charge is 0.477 e. The fourth-order valence-corrected chi connectivity index (χ4v) is 4.53. The van der Waals surface area contributed by atoms with Gasteiger partial charge >= 0.3 is 5.97 Å². The van der Waals surface area contributed by atoms with Crippen molar-refractivity contribution in [1.82, 2.24) is 4.40 Å². The van der Waals surface area contributed by atoms with E-state index in [1.807, 2.05) is 0 Å². The highest BCUT2D eigenvalue weighted by atomic mass is 32.1. The first-order chi connectivity index (χ1) is 12.9. The predicted octanol–water partition coefficient (Wildman–Crippen LogP) is 1.97. The third-order valence-corrected chi connectivity index (χ3v) is 5.63. The minimum atomic E-state index is -1.35. The number of carboxylic acid groups (broad SMARTS) is 1. The van der Waals surface area contributed by atoms with E-state index in [4.69, 9.17) is 0 Å². The van der Waals surface area contributed by atoms with Crippen molar-refractivity contribution in [3.8, 4) is 0 Å². The molecular formula is C18H16FN3O4S. The Balaban J connectivity index is 2.19. The van der Waals surface area contributed by atoms with Gasteiger partial charge in [-0.05, 0) is 12.5 Å². The fraction of sp³-hybridized carbons (Fsp3) is 0.278. The van der Waals surface area contributed by atoms with Crippen LogP contribution in [0.25, 0.3) is 15.7 Å². The van der Waals surface area contributed by atoms with Crippen molar-refractivity contribution in [2.45, 2.75) is 12.5 Å². The highest BCUT2D eigenvalue weighted by molar-refractivity contribution is 7.16. The number of halogens is 1. The van der Waals surface area contributed by atoms with Crippen LogP contribution in [-0.4, -0.2) is 53.0 Å². The Morgan fingerprint density at radius 3 is 2.89 bits per heavy atom. The molecule has 0 saturated carbocycles. The molecule has 27 heavy (non-hydrogen) atoms. The van der Waals surface area contributed by atoms with Crippen molar-refractivity contribution >= 4 is 44.9 Å². The molecule has 1 aliphatic rings. The number of aliphatic hydroxyl groups excluding tert-OH is 1. The molecular weight excluding hydrogens is 373 g/mol. The second kappa shape index (κ2) is 6.43. The van der Waals surface area contributed by atoms with E-state index in [0.717, 1.165) is 17.4 Å². The number of thiazole rings is 1. The van der Waals surface area contributed by atoms with Crippen molar-refractivity contribution in [2.24, 2.45) is 4.99 Å². The SMILES string of the molecule is CN=Cc1c(N2CCC(O)C2)c(F)cc2c(=O)c(C(=O)O)c3sccn3c12. The number of aromatic carboxylic acids is 1. The van der Waals surface area contributed by atoms with Crippen LogP contribution in [0.2, 0.25) is 0 Å². The zero-order valence-electron chi connectivity index (χ0n) is 14.3. The monoisotopic (exact) mass is 389 g/mol. The first-order valence-corrected chi connectivity index (χ1v) is 9.18. The van der Waals surface area contributed by atoms with Crippen LogP contribution in [0, 0.1) is 5.82 Å². The predicted molar refractivity (Wildman–Crippen MR) is 102 cm³/mol. The lowest BCUT2D eigenvalue weighted by Gasteiger charge is -2.22. The summed E-state index contributed by atoms with van der Waals surface area (Å²) in [6, 6.07) is 1.08. The van der Waals surface area contributed by atoms with Gasteiger partial charge in [-0.15, -0.1) is 11.3 Å². The summed E-state index contributed by atoms with van der Waals surface area (Å²) in [6.45, 7) is 0.755. The first-order valence-electron chi connectivity index (χ1n) is 8.30. The molecule has 1 fully saturated rings. The van der Waals surface area contributed by atoms with Crippen LogP contribution in [0.15, 0.2) is 27.4 Å². The quantitative estimate of drug-likeness (QED) is 0.668. The molecule has 2 aromatic heterocycles. The molecule has 0 aliphatic carbocycles. The van der Waals surface area contributed by atoms with Crippen molar-refractivity contribution in [1.29, 1.82) is 0 Å². The molecule has 140 valence electrons. The summed E-state index contributed by atoms with van der Waals surface area (Å²) in [4.78, 5) is 30.5. The number of carboxylic acids is 1. The maximum absolute atomic E-state index is 15.0. The Labute approximate surface area is 156 Å². The summed E-state index contributed by atoms with van der Waals surface area (Å²) in [5, 5.41) is 21.0. The minimum Gasteiger partial charge on any atom is -0.477 e. The summed E-state index contributed by atoms with van der Waals surface area (Å²) in [6.07, 6.45) is 3.09. The molecule has 3 aromatic rings. The summed E-state index contributed by atoms with van der Waals surface area (Å²) >= 11 is 1.13. The van der Waals surface area contributed by atoms with E-state index in [-0.39, 0.29) is 28.0 Å². The molecule has 3 heterocycles. The standard InChI is InChI=1S/C18H16FN3O4S/c1-20-7-11-14-10(6-12(19)15(11)21-3-2-9(23)8-21)16(24)13(18(25)26)17-22(14)4-5-27-17/h4-7,9,23H,2-3,8H2,1H3,(H,25,26). The maximum Gasteiger partial charge on any atom is 0.342 e. The molecule has 1 unspecified atom stereocenters. The van der Waals surface area contributed by atoms with E-state index in [1.165, 1.54) is 6.21 Å². The molecule has 1 aliphatic heterocycles. The lowest BCUT2D eigenvalue weighted by atomic mass is 10.0. The van der Waals surface area contributed by atoms with Crippen LogP contribution >= 0.6 is 11.3 Å². The van der Waals surface area contributed by atoms with Crippen LogP contribution < -0.4 is 10.3 Å². The van der Waals surface area contributed by atoms with Crippen molar-refractivity contribution in [2.75, 3.05) is 25.0 Å². The van der Waals surface area contributed by atoms with Gasteiger partial charge in [-0.1, -0.05) is 0 Å². The van der Waals surface area contributed by atoms with Crippen LogP contribution in [0.3, 0.4) is 0 Å². The van der Waals surface area contributed by atoms with Gasteiger partial charge in [-0.3, -0.25) is 9.79 Å². The number of rotatable bonds is 3. The van der Waals surface area contributed by atoms with E-state index >= 15 is 4.39 Å². The molecule has 2 N–H and O–H groups in total. The van der Waals surface area contributed by atoms with Gasteiger partial charge in [0.25, 0.3) is 0 Å². The number of hydrogen-bond acceptors (Lipinski definition) is 6. The summed E-state index contributed by atoms with van der Waals surface area (Å²) < 4.78 is 16.6. The Bertz CT molecular complexity index is 1170. The second-order valence-electron chi connectivity index (χ2n) is 6.38. The lowest BCUT2D eigenvalue weighted by molar-refractivity contribution is 0.0697. The Hall–Kier alpha value is -2.78. The van der Waals surface area contributed by atoms with Crippen LogP contribution in [-0.2, 0) is 0 Å². The number of benzene rings is 1. The molecule has 1 aromatic carbocycles. The molecule has 0 radical (unpaired) electrons. The van der Waals surface area contributed by atoms with E-state index in [1.54, 1.807) is 27.9 Å².